The van der Waals surface area contributed by atoms with Gasteiger partial charge in [-0.1, -0.05) is 30.3 Å². The number of nitrogens with one attached hydrogen (secondary N) is 2. The Hall–Kier alpha value is -2.60. The Kier molecular flexibility index (Phi) is 4.43. The maximum atomic E-state index is 6.09. The van der Waals surface area contributed by atoms with E-state index in [1.54, 1.807) is 0 Å². The normalized spacial score (nSPS) is 16.3. The molecule has 0 aliphatic carbocycles. The highest BCUT2D eigenvalue weighted by atomic mass is 16.5. The third kappa shape index (κ3) is 3.27. The molecule has 2 heterocycles. The second-order valence-electron chi connectivity index (χ2n) is 5.33. The zero-order valence-electron chi connectivity index (χ0n) is 13.3. The minimum absolute atomic E-state index is 0.0893. The molecule has 1 aliphatic heterocycles. The second kappa shape index (κ2) is 6.66. The van der Waals surface area contributed by atoms with E-state index in [4.69, 9.17) is 15.5 Å². The summed E-state index contributed by atoms with van der Waals surface area (Å²) in [7, 11) is 0. The molecular weight excluding hydrogens is 290 g/mol. The number of nitrogens with zero attached hydrogens (tertiary/aromatic N) is 2. The number of pyridine rings is 1. The fraction of sp³-hybridized carbons (Fsp3) is 0.294. The van der Waals surface area contributed by atoms with Crippen LogP contribution in [0.3, 0.4) is 0 Å². The van der Waals surface area contributed by atoms with E-state index in [0.717, 1.165) is 17.0 Å². The number of aliphatic imine (C=N–C) groups is 1. The number of ether oxygens (including phenoxy) is 1. The number of rotatable bonds is 5. The number of fused-ring (bicyclic) bond motifs is 1. The number of anilines is 3. The van der Waals surface area contributed by atoms with Crippen LogP contribution in [0.2, 0.25) is 0 Å². The molecule has 0 radical (unpaired) electrons. The van der Waals surface area contributed by atoms with Gasteiger partial charge in [-0.3, -0.25) is 0 Å². The van der Waals surface area contributed by atoms with Gasteiger partial charge in [0, 0.05) is 12.7 Å². The first-order valence-corrected chi connectivity index (χ1v) is 7.71. The van der Waals surface area contributed by atoms with Crippen molar-refractivity contribution in [2.75, 3.05) is 29.7 Å². The molecule has 4 N–H and O–H groups in total. The van der Waals surface area contributed by atoms with Gasteiger partial charge in [0.1, 0.15) is 18.2 Å². The number of aromatic nitrogens is 1. The summed E-state index contributed by atoms with van der Waals surface area (Å²) in [4.78, 5) is 9.09. The standard InChI is InChI=1S/C17H21N5O/c1-3-23-10-19-14-9-13-16(17(18)21-14)22-15(11(2)20-13)12-7-5-4-6-8-12/h4-9,11,20H,3,10H2,1-2H3,(H3,18,19,21). The highest BCUT2D eigenvalue weighted by molar-refractivity contribution is 6.10. The van der Waals surface area contributed by atoms with E-state index in [1.807, 2.05) is 43.3 Å². The lowest BCUT2D eigenvalue weighted by Crippen LogP contribution is -2.30. The highest BCUT2D eigenvalue weighted by Crippen LogP contribution is 2.37. The predicted molar refractivity (Wildman–Crippen MR) is 94.5 cm³/mol. The van der Waals surface area contributed by atoms with E-state index in [2.05, 4.69) is 22.5 Å². The minimum atomic E-state index is 0.0893. The van der Waals surface area contributed by atoms with Crippen molar-refractivity contribution in [1.82, 2.24) is 4.98 Å². The average molecular weight is 311 g/mol. The molecule has 1 aliphatic rings. The summed E-state index contributed by atoms with van der Waals surface area (Å²) in [6.07, 6.45) is 0. The quantitative estimate of drug-likeness (QED) is 0.584. The van der Waals surface area contributed by atoms with Crippen molar-refractivity contribution < 1.29 is 4.74 Å². The molecular formula is C17H21N5O. The van der Waals surface area contributed by atoms with Crippen LogP contribution in [0, 0.1) is 0 Å². The van der Waals surface area contributed by atoms with Crippen LogP contribution in [0.5, 0.6) is 0 Å². The van der Waals surface area contributed by atoms with Gasteiger partial charge in [0.2, 0.25) is 0 Å². The van der Waals surface area contributed by atoms with Gasteiger partial charge in [-0.25, -0.2) is 9.98 Å². The molecule has 23 heavy (non-hydrogen) atoms. The van der Waals surface area contributed by atoms with Gasteiger partial charge in [0.05, 0.1) is 17.4 Å². The summed E-state index contributed by atoms with van der Waals surface area (Å²) in [5, 5.41) is 6.54. The van der Waals surface area contributed by atoms with E-state index in [-0.39, 0.29) is 6.04 Å². The lowest BCUT2D eigenvalue weighted by molar-refractivity contribution is 0.166. The molecule has 6 heteroatoms. The molecule has 0 spiro atoms. The molecule has 1 unspecified atom stereocenters. The van der Waals surface area contributed by atoms with Crippen LogP contribution >= 0.6 is 0 Å². The molecule has 1 aromatic carbocycles. The van der Waals surface area contributed by atoms with Crippen molar-refractivity contribution in [3.8, 4) is 0 Å². The van der Waals surface area contributed by atoms with Crippen LogP contribution in [0.15, 0.2) is 41.4 Å². The van der Waals surface area contributed by atoms with E-state index in [1.165, 1.54) is 0 Å². The average Bonchev–Trinajstić information content (AvgIpc) is 2.55. The minimum Gasteiger partial charge on any atom is -0.382 e. The van der Waals surface area contributed by atoms with Gasteiger partial charge in [-0.2, -0.15) is 0 Å². The fourth-order valence-corrected chi connectivity index (χ4v) is 2.55. The number of nitrogen functional groups attached to an aromatic ring is 1. The first-order chi connectivity index (χ1) is 11.2. The first-order valence-electron chi connectivity index (χ1n) is 7.71. The van der Waals surface area contributed by atoms with E-state index in [0.29, 0.717) is 30.7 Å². The Labute approximate surface area is 135 Å². The molecule has 3 rings (SSSR count). The van der Waals surface area contributed by atoms with Gasteiger partial charge in [-0.15, -0.1) is 0 Å². The van der Waals surface area contributed by atoms with Crippen LogP contribution in [-0.4, -0.2) is 30.1 Å². The molecule has 1 aromatic heterocycles. The molecule has 6 nitrogen and oxygen atoms in total. The zero-order chi connectivity index (χ0) is 16.2. The monoisotopic (exact) mass is 311 g/mol. The Balaban J connectivity index is 1.93. The van der Waals surface area contributed by atoms with Gasteiger partial charge in [-0.05, 0) is 19.4 Å². The number of hydrogen-bond donors (Lipinski definition) is 3. The van der Waals surface area contributed by atoms with Crippen molar-refractivity contribution >= 4 is 28.7 Å². The van der Waals surface area contributed by atoms with Crippen molar-refractivity contribution in [2.24, 2.45) is 4.99 Å². The fourth-order valence-electron chi connectivity index (χ4n) is 2.55. The summed E-state index contributed by atoms with van der Waals surface area (Å²) in [6, 6.07) is 12.1. The van der Waals surface area contributed by atoms with Crippen molar-refractivity contribution in [3.05, 3.63) is 42.0 Å². The Bertz CT molecular complexity index is 714. The van der Waals surface area contributed by atoms with E-state index < -0.39 is 0 Å². The largest absolute Gasteiger partial charge is 0.382 e. The van der Waals surface area contributed by atoms with Crippen LogP contribution in [0.4, 0.5) is 23.0 Å². The summed E-state index contributed by atoms with van der Waals surface area (Å²) in [5.74, 6) is 1.07. The number of benzene rings is 1. The van der Waals surface area contributed by atoms with Crippen molar-refractivity contribution in [1.29, 1.82) is 0 Å². The Morgan fingerprint density at radius 2 is 2.09 bits per heavy atom. The molecule has 0 saturated heterocycles. The second-order valence-corrected chi connectivity index (χ2v) is 5.33. The van der Waals surface area contributed by atoms with E-state index in [9.17, 15) is 0 Å². The zero-order valence-corrected chi connectivity index (χ0v) is 13.3. The Morgan fingerprint density at radius 1 is 1.30 bits per heavy atom. The number of nitrogens with two attached hydrogens (primary N) is 1. The lowest BCUT2D eigenvalue weighted by Gasteiger charge is -2.25. The SMILES string of the molecule is CCOCNc1cc2c(c(N)n1)N=C(c1ccccc1)C(C)N2. The maximum Gasteiger partial charge on any atom is 0.153 e. The highest BCUT2D eigenvalue weighted by Gasteiger charge is 2.22. The molecule has 0 saturated carbocycles. The molecule has 2 aromatic rings. The topological polar surface area (TPSA) is 84.6 Å². The van der Waals surface area contributed by atoms with Crippen LogP contribution in [0.25, 0.3) is 0 Å². The molecule has 1 atom stereocenters. The predicted octanol–water partition coefficient (Wildman–Crippen LogP) is 3.00. The van der Waals surface area contributed by atoms with E-state index >= 15 is 0 Å². The number of hydrogen-bond acceptors (Lipinski definition) is 6. The maximum absolute atomic E-state index is 6.09. The first kappa shape index (κ1) is 15.3. The molecule has 0 fully saturated rings. The van der Waals surface area contributed by atoms with Gasteiger partial charge < -0.3 is 21.1 Å². The van der Waals surface area contributed by atoms with Crippen LogP contribution in [0.1, 0.15) is 19.4 Å². The molecule has 0 amide bonds. The smallest absolute Gasteiger partial charge is 0.153 e. The summed E-state index contributed by atoms with van der Waals surface area (Å²) >= 11 is 0. The summed E-state index contributed by atoms with van der Waals surface area (Å²) < 4.78 is 5.28. The Morgan fingerprint density at radius 3 is 2.83 bits per heavy atom. The van der Waals surface area contributed by atoms with Gasteiger partial charge in [0.15, 0.2) is 5.82 Å². The van der Waals surface area contributed by atoms with Gasteiger partial charge in [0.25, 0.3) is 0 Å². The van der Waals surface area contributed by atoms with Crippen molar-refractivity contribution in [3.63, 3.8) is 0 Å². The summed E-state index contributed by atoms with van der Waals surface area (Å²) in [6.45, 7) is 5.07. The third-order valence-electron chi connectivity index (χ3n) is 3.66. The lowest BCUT2D eigenvalue weighted by atomic mass is 10.0. The molecule has 0 bridgehead atoms. The van der Waals surface area contributed by atoms with Gasteiger partial charge >= 0.3 is 0 Å². The van der Waals surface area contributed by atoms with Crippen molar-refractivity contribution in [2.45, 2.75) is 19.9 Å². The van der Waals surface area contributed by atoms with Crippen LogP contribution < -0.4 is 16.4 Å². The molecule has 120 valence electrons. The van der Waals surface area contributed by atoms with Crippen LogP contribution in [-0.2, 0) is 4.74 Å². The third-order valence-corrected chi connectivity index (χ3v) is 3.66. The summed E-state index contributed by atoms with van der Waals surface area (Å²) in [5.41, 5.74) is 9.70.